The van der Waals surface area contributed by atoms with Gasteiger partial charge in [0.2, 0.25) is 0 Å². The van der Waals surface area contributed by atoms with Crippen LogP contribution < -0.4 is 0 Å². The predicted molar refractivity (Wildman–Crippen MR) is 79.6 cm³/mol. The zero-order valence-corrected chi connectivity index (χ0v) is 11.6. The van der Waals surface area contributed by atoms with Crippen molar-refractivity contribution in [2.45, 2.75) is 0 Å². The number of nitro groups is 1. The molecule has 116 valence electrons. The van der Waals surface area contributed by atoms with Crippen molar-refractivity contribution in [3.8, 4) is 11.4 Å². The second-order valence-electron chi connectivity index (χ2n) is 4.82. The van der Waals surface area contributed by atoms with Gasteiger partial charge in [-0.1, -0.05) is 0 Å². The summed E-state index contributed by atoms with van der Waals surface area (Å²) < 4.78 is 13.9. The van der Waals surface area contributed by atoms with E-state index in [1.807, 2.05) is 0 Å². The van der Waals surface area contributed by atoms with Gasteiger partial charge in [0.05, 0.1) is 21.5 Å². The summed E-state index contributed by atoms with van der Waals surface area (Å²) in [6.07, 6.45) is 0. The Hall–Kier alpha value is -3.13. The van der Waals surface area contributed by atoms with Crippen LogP contribution in [0.4, 0.5) is 10.1 Å². The normalized spacial score (nSPS) is 10.9. The molecule has 23 heavy (non-hydrogen) atoms. The lowest BCUT2D eigenvalue weighted by Crippen LogP contribution is -2.03. The number of non-ortho nitro benzene ring substituents is 1. The van der Waals surface area contributed by atoms with E-state index in [0.29, 0.717) is 11.0 Å². The molecule has 8 heteroatoms. The molecular weight excluding hydrogens is 305 g/mol. The molecule has 0 aliphatic rings. The van der Waals surface area contributed by atoms with E-state index in [1.54, 1.807) is 6.07 Å². The molecule has 0 saturated carbocycles. The van der Waals surface area contributed by atoms with E-state index in [4.69, 9.17) is 5.11 Å². The van der Waals surface area contributed by atoms with Gasteiger partial charge < -0.3 is 10.1 Å². The molecule has 0 saturated heterocycles. The fourth-order valence-corrected chi connectivity index (χ4v) is 2.21. The second kappa shape index (κ2) is 5.58. The van der Waals surface area contributed by atoms with Crippen molar-refractivity contribution >= 4 is 22.5 Å². The minimum Gasteiger partial charge on any atom is -0.388 e. The Labute approximate surface area is 128 Å². The molecule has 7 nitrogen and oxygen atoms in total. The topological polar surface area (TPSA) is 109 Å². The van der Waals surface area contributed by atoms with Crippen molar-refractivity contribution < 1.29 is 19.2 Å². The van der Waals surface area contributed by atoms with Crippen LogP contribution in [0.2, 0.25) is 0 Å². The molecule has 0 aliphatic carbocycles. The van der Waals surface area contributed by atoms with Crippen molar-refractivity contribution in [3.63, 3.8) is 0 Å². The molecule has 3 aromatic rings. The van der Waals surface area contributed by atoms with E-state index in [1.165, 1.54) is 12.1 Å². The van der Waals surface area contributed by atoms with Gasteiger partial charge in [0, 0.05) is 17.7 Å². The van der Waals surface area contributed by atoms with Crippen LogP contribution in [-0.4, -0.2) is 32.4 Å². The lowest BCUT2D eigenvalue weighted by molar-refractivity contribution is -0.384. The number of nitrogens with one attached hydrogen (secondary N) is 1. The van der Waals surface area contributed by atoms with Crippen LogP contribution in [0.3, 0.4) is 0 Å². The van der Waals surface area contributed by atoms with Gasteiger partial charge in [-0.2, -0.15) is 0 Å². The number of benzene rings is 2. The molecule has 2 aromatic carbocycles. The summed E-state index contributed by atoms with van der Waals surface area (Å²) in [7, 11) is 0. The van der Waals surface area contributed by atoms with Gasteiger partial charge >= 0.3 is 0 Å². The van der Waals surface area contributed by atoms with Crippen LogP contribution in [0.15, 0.2) is 36.4 Å². The van der Waals surface area contributed by atoms with Crippen molar-refractivity contribution in [1.82, 2.24) is 9.97 Å². The summed E-state index contributed by atoms with van der Waals surface area (Å²) in [5, 5.41) is 19.7. The number of halogens is 1. The zero-order chi connectivity index (χ0) is 16.6. The van der Waals surface area contributed by atoms with Crippen molar-refractivity contribution in [1.29, 1.82) is 0 Å². The largest absolute Gasteiger partial charge is 0.388 e. The van der Waals surface area contributed by atoms with E-state index in [2.05, 4.69) is 9.97 Å². The van der Waals surface area contributed by atoms with E-state index < -0.39 is 23.1 Å². The highest BCUT2D eigenvalue weighted by molar-refractivity contribution is 5.99. The summed E-state index contributed by atoms with van der Waals surface area (Å²) in [4.78, 5) is 28.7. The maximum Gasteiger partial charge on any atom is 0.270 e. The Bertz CT molecular complexity index is 936. The molecule has 0 atom stereocenters. The van der Waals surface area contributed by atoms with Gasteiger partial charge in [-0.3, -0.25) is 14.9 Å². The Morgan fingerprint density at radius 3 is 2.78 bits per heavy atom. The second-order valence-corrected chi connectivity index (χ2v) is 4.82. The molecule has 1 heterocycles. The maximum absolute atomic E-state index is 13.9. The Balaban J connectivity index is 2.12. The highest BCUT2D eigenvalue weighted by atomic mass is 19.1. The van der Waals surface area contributed by atoms with E-state index in [9.17, 15) is 19.3 Å². The highest BCUT2D eigenvalue weighted by Gasteiger charge is 2.16. The molecule has 0 bridgehead atoms. The van der Waals surface area contributed by atoms with Gasteiger partial charge in [0.25, 0.3) is 5.69 Å². The van der Waals surface area contributed by atoms with E-state index in [-0.39, 0.29) is 22.6 Å². The number of nitro benzene ring substituents is 1. The van der Waals surface area contributed by atoms with Gasteiger partial charge in [0.1, 0.15) is 18.2 Å². The molecular formula is C15H10FN3O4. The van der Waals surface area contributed by atoms with E-state index in [0.717, 1.165) is 18.2 Å². The molecule has 1 aromatic heterocycles. The molecule has 3 rings (SSSR count). The number of aliphatic hydroxyl groups excluding tert-OH is 1. The number of ketones is 1. The average Bonchev–Trinajstić information content (AvgIpc) is 2.96. The molecule has 2 N–H and O–H groups in total. The third kappa shape index (κ3) is 2.67. The number of rotatable bonds is 4. The summed E-state index contributed by atoms with van der Waals surface area (Å²) in [6, 6.07) is 7.69. The minimum atomic E-state index is -0.652. The van der Waals surface area contributed by atoms with E-state index >= 15 is 0 Å². The van der Waals surface area contributed by atoms with Gasteiger partial charge in [-0.15, -0.1) is 0 Å². The van der Waals surface area contributed by atoms with Crippen molar-refractivity contribution in [2.24, 2.45) is 0 Å². The Morgan fingerprint density at radius 2 is 2.09 bits per heavy atom. The zero-order valence-electron chi connectivity index (χ0n) is 11.6. The SMILES string of the molecule is O=C(CO)c1ccc2nc(-c3cc([N+](=O)[O-])ccc3F)[nH]c2c1. The number of hydrogen-bond donors (Lipinski definition) is 2. The third-order valence-corrected chi connectivity index (χ3v) is 3.36. The number of hydrogen-bond acceptors (Lipinski definition) is 5. The highest BCUT2D eigenvalue weighted by Crippen LogP contribution is 2.27. The Kier molecular flexibility index (Phi) is 3.59. The maximum atomic E-state index is 13.9. The number of H-pyrrole nitrogens is 1. The first kappa shape index (κ1) is 14.8. The van der Waals surface area contributed by atoms with Crippen molar-refractivity contribution in [3.05, 3.63) is 57.9 Å². The fourth-order valence-electron chi connectivity index (χ4n) is 2.21. The van der Waals surface area contributed by atoms with Crippen LogP contribution in [0.1, 0.15) is 10.4 Å². The molecule has 0 unspecified atom stereocenters. The average molecular weight is 315 g/mol. The first-order chi connectivity index (χ1) is 11.0. The number of carbonyl (C=O) groups is 1. The van der Waals surface area contributed by atoms with Crippen LogP contribution in [-0.2, 0) is 0 Å². The fraction of sp³-hybridized carbons (Fsp3) is 0.0667. The number of fused-ring (bicyclic) bond motifs is 1. The standard InChI is InChI=1S/C15H10FN3O4/c16-11-3-2-9(19(22)23)6-10(11)15-17-12-4-1-8(14(21)7-20)5-13(12)18-15/h1-6,20H,7H2,(H,17,18). The molecule has 0 radical (unpaired) electrons. The number of imidazole rings is 1. The van der Waals surface area contributed by atoms with Gasteiger partial charge in [0.15, 0.2) is 5.78 Å². The quantitative estimate of drug-likeness (QED) is 0.436. The van der Waals surface area contributed by atoms with Crippen molar-refractivity contribution in [2.75, 3.05) is 6.61 Å². The third-order valence-electron chi connectivity index (χ3n) is 3.36. The number of aromatic amines is 1. The predicted octanol–water partition coefficient (Wildman–Crippen LogP) is 2.45. The summed E-state index contributed by atoms with van der Waals surface area (Å²) in [6.45, 7) is -0.619. The number of Topliss-reactive ketones (excluding diaryl/α,β-unsaturated/α-hetero) is 1. The van der Waals surface area contributed by atoms with Gasteiger partial charge in [-0.05, 0) is 24.3 Å². The number of aliphatic hydroxyl groups is 1. The monoisotopic (exact) mass is 315 g/mol. The summed E-state index contributed by atoms with van der Waals surface area (Å²) >= 11 is 0. The van der Waals surface area contributed by atoms with Crippen LogP contribution in [0, 0.1) is 15.9 Å². The lowest BCUT2D eigenvalue weighted by atomic mass is 10.1. The molecule has 0 spiro atoms. The van der Waals surface area contributed by atoms with Crippen LogP contribution >= 0.6 is 0 Å². The van der Waals surface area contributed by atoms with Crippen LogP contribution in [0.25, 0.3) is 22.4 Å². The van der Waals surface area contributed by atoms with Crippen LogP contribution in [0.5, 0.6) is 0 Å². The minimum absolute atomic E-state index is 0.0366. The number of nitrogens with zero attached hydrogens (tertiary/aromatic N) is 2. The first-order valence-corrected chi connectivity index (χ1v) is 6.57. The lowest BCUT2D eigenvalue weighted by Gasteiger charge is -1.99. The summed E-state index contributed by atoms with van der Waals surface area (Å²) in [5.74, 6) is -0.985. The summed E-state index contributed by atoms with van der Waals surface area (Å²) in [5.41, 5.74) is 0.934. The first-order valence-electron chi connectivity index (χ1n) is 6.57. The Morgan fingerprint density at radius 1 is 1.30 bits per heavy atom. The molecule has 0 amide bonds. The molecule has 0 fully saturated rings. The van der Waals surface area contributed by atoms with Gasteiger partial charge in [-0.25, -0.2) is 9.37 Å². The number of carbonyl (C=O) groups excluding carboxylic acids is 1. The smallest absolute Gasteiger partial charge is 0.270 e. The molecule has 0 aliphatic heterocycles. The number of aromatic nitrogens is 2.